The second-order valence-electron chi connectivity index (χ2n) is 5.33. The van der Waals surface area contributed by atoms with E-state index in [1.807, 2.05) is 43.3 Å². The largest absolute Gasteiger partial charge is 0.489 e. The van der Waals surface area contributed by atoms with Crippen molar-refractivity contribution in [2.45, 2.75) is 19.6 Å². The molecule has 25 heavy (non-hydrogen) atoms. The van der Waals surface area contributed by atoms with E-state index in [0.717, 1.165) is 11.3 Å². The van der Waals surface area contributed by atoms with Crippen LogP contribution in [0.3, 0.4) is 0 Å². The predicted molar refractivity (Wildman–Crippen MR) is 114 cm³/mol. The molecule has 0 aliphatic carbocycles. The number of ether oxygens (including phenoxy) is 2. The van der Waals surface area contributed by atoms with Gasteiger partial charge in [0.1, 0.15) is 11.9 Å². The highest BCUT2D eigenvalue weighted by atomic mass is 127. The van der Waals surface area contributed by atoms with E-state index >= 15 is 0 Å². The van der Waals surface area contributed by atoms with E-state index < -0.39 is 0 Å². The van der Waals surface area contributed by atoms with E-state index in [2.05, 4.69) is 10.3 Å². The summed E-state index contributed by atoms with van der Waals surface area (Å²) in [5, 5.41) is 3.73. The maximum atomic E-state index is 5.96. The van der Waals surface area contributed by atoms with Gasteiger partial charge in [-0.1, -0.05) is 35.9 Å². The normalized spacial score (nSPS) is 12.2. The van der Waals surface area contributed by atoms with Gasteiger partial charge in [0.2, 0.25) is 0 Å². The van der Waals surface area contributed by atoms with Crippen LogP contribution in [0.5, 0.6) is 5.75 Å². The van der Waals surface area contributed by atoms with E-state index in [-0.39, 0.29) is 30.1 Å². The van der Waals surface area contributed by atoms with Crippen molar-refractivity contribution in [2.24, 2.45) is 10.7 Å². The molecule has 0 aromatic heterocycles. The second-order valence-corrected chi connectivity index (χ2v) is 5.76. The Balaban J connectivity index is 0.00000312. The Bertz CT molecular complexity index is 698. The lowest BCUT2D eigenvalue weighted by atomic mass is 10.2. The van der Waals surface area contributed by atoms with Crippen LogP contribution in [0.4, 0.5) is 5.69 Å². The summed E-state index contributed by atoms with van der Waals surface area (Å²) in [6.07, 6.45) is -0.127. The van der Waals surface area contributed by atoms with Crippen molar-refractivity contribution < 1.29 is 9.47 Å². The molecule has 0 amide bonds. The first-order valence-electron chi connectivity index (χ1n) is 7.64. The van der Waals surface area contributed by atoms with Gasteiger partial charge in [0.15, 0.2) is 5.96 Å². The SMILES string of the molecule is COCc1ccccc1NC(N)=NCC(C)Oc1cccc(Cl)c1.I. The zero-order valence-electron chi connectivity index (χ0n) is 14.2. The van der Waals surface area contributed by atoms with Crippen molar-refractivity contribution in [3.63, 3.8) is 0 Å². The molecule has 0 bridgehead atoms. The molecule has 2 aromatic rings. The molecule has 0 heterocycles. The van der Waals surface area contributed by atoms with Gasteiger partial charge in [-0.3, -0.25) is 0 Å². The quantitative estimate of drug-likeness (QED) is 0.356. The van der Waals surface area contributed by atoms with E-state index in [9.17, 15) is 0 Å². The number of para-hydroxylation sites is 1. The van der Waals surface area contributed by atoms with Crippen LogP contribution in [-0.2, 0) is 11.3 Å². The van der Waals surface area contributed by atoms with E-state index in [1.165, 1.54) is 0 Å². The van der Waals surface area contributed by atoms with Gasteiger partial charge in [0.05, 0.1) is 13.2 Å². The van der Waals surface area contributed by atoms with Crippen LogP contribution in [0.15, 0.2) is 53.5 Å². The highest BCUT2D eigenvalue weighted by Gasteiger charge is 2.06. The van der Waals surface area contributed by atoms with Crippen molar-refractivity contribution in [1.82, 2.24) is 0 Å². The molecule has 3 N–H and O–H groups in total. The summed E-state index contributed by atoms with van der Waals surface area (Å²) in [7, 11) is 1.66. The molecule has 136 valence electrons. The molecule has 0 saturated carbocycles. The number of hydrogen-bond acceptors (Lipinski definition) is 3. The molecule has 0 radical (unpaired) electrons. The molecular weight excluding hydrogens is 453 g/mol. The Kier molecular flexibility index (Phi) is 9.62. The predicted octanol–water partition coefficient (Wildman–Crippen LogP) is 4.30. The van der Waals surface area contributed by atoms with Crippen molar-refractivity contribution >= 4 is 47.2 Å². The third kappa shape index (κ3) is 7.50. The summed E-state index contributed by atoms with van der Waals surface area (Å²) in [4.78, 5) is 4.32. The lowest BCUT2D eigenvalue weighted by Crippen LogP contribution is -2.26. The van der Waals surface area contributed by atoms with Crippen molar-refractivity contribution in [3.05, 3.63) is 59.1 Å². The number of nitrogens with two attached hydrogens (primary N) is 1. The van der Waals surface area contributed by atoms with Crippen LogP contribution in [0.1, 0.15) is 12.5 Å². The average Bonchev–Trinajstić information content (AvgIpc) is 2.55. The number of hydrogen-bond donors (Lipinski definition) is 2. The van der Waals surface area contributed by atoms with Gasteiger partial charge in [0.25, 0.3) is 0 Å². The standard InChI is InChI=1S/C18H22ClN3O2.HI/c1-13(24-16-8-5-7-15(19)10-16)11-21-18(20)22-17-9-4-3-6-14(17)12-23-2;/h3-10,13H,11-12H2,1-2H3,(H3,20,21,22);1H. The lowest BCUT2D eigenvalue weighted by Gasteiger charge is -2.14. The molecule has 0 fully saturated rings. The third-order valence-corrected chi connectivity index (χ3v) is 3.47. The number of halogens is 2. The Morgan fingerprint density at radius 3 is 2.72 bits per heavy atom. The molecule has 5 nitrogen and oxygen atoms in total. The van der Waals surface area contributed by atoms with Crippen molar-refractivity contribution in [2.75, 3.05) is 19.0 Å². The van der Waals surface area contributed by atoms with E-state index in [1.54, 1.807) is 19.2 Å². The molecular formula is C18H23ClIN3O2. The number of nitrogens with zero attached hydrogens (tertiary/aromatic N) is 1. The van der Waals surface area contributed by atoms with Crippen LogP contribution in [0.25, 0.3) is 0 Å². The number of nitrogens with one attached hydrogen (secondary N) is 1. The molecule has 1 atom stereocenters. The third-order valence-electron chi connectivity index (χ3n) is 3.23. The van der Waals surface area contributed by atoms with Gasteiger partial charge in [-0.2, -0.15) is 0 Å². The lowest BCUT2D eigenvalue weighted by molar-refractivity contribution is 0.185. The molecule has 2 rings (SSSR count). The minimum atomic E-state index is -0.127. The molecule has 0 saturated heterocycles. The fraction of sp³-hybridized carbons (Fsp3) is 0.278. The van der Waals surface area contributed by atoms with Gasteiger partial charge in [0, 0.05) is 23.4 Å². The summed E-state index contributed by atoms with van der Waals surface area (Å²) in [6, 6.07) is 15.1. The van der Waals surface area contributed by atoms with Crippen LogP contribution in [-0.4, -0.2) is 25.7 Å². The second kappa shape index (κ2) is 11.2. The number of anilines is 1. The smallest absolute Gasteiger partial charge is 0.193 e. The van der Waals surface area contributed by atoms with Gasteiger partial charge in [-0.15, -0.1) is 24.0 Å². The Labute approximate surface area is 170 Å². The molecule has 0 aliphatic heterocycles. The van der Waals surface area contributed by atoms with Gasteiger partial charge < -0.3 is 20.5 Å². The zero-order chi connectivity index (χ0) is 17.4. The number of rotatable bonds is 7. The van der Waals surface area contributed by atoms with Gasteiger partial charge >= 0.3 is 0 Å². The minimum absolute atomic E-state index is 0. The first-order chi connectivity index (χ1) is 11.6. The van der Waals surface area contributed by atoms with Gasteiger partial charge in [-0.05, 0) is 31.2 Å². The number of guanidine groups is 1. The topological polar surface area (TPSA) is 68.9 Å². The maximum absolute atomic E-state index is 5.96. The summed E-state index contributed by atoms with van der Waals surface area (Å²) < 4.78 is 10.9. The summed E-state index contributed by atoms with van der Waals surface area (Å²) in [5.74, 6) is 1.04. The Morgan fingerprint density at radius 1 is 1.24 bits per heavy atom. The number of aliphatic imine (C=N–C) groups is 1. The molecule has 2 aromatic carbocycles. The molecule has 1 unspecified atom stereocenters. The molecule has 0 aliphatic rings. The molecule has 7 heteroatoms. The summed E-state index contributed by atoms with van der Waals surface area (Å²) in [6.45, 7) is 2.86. The van der Waals surface area contributed by atoms with E-state index in [4.69, 9.17) is 26.8 Å². The highest BCUT2D eigenvalue weighted by Crippen LogP contribution is 2.18. The van der Waals surface area contributed by atoms with Crippen LogP contribution in [0, 0.1) is 0 Å². The van der Waals surface area contributed by atoms with Crippen molar-refractivity contribution in [1.29, 1.82) is 0 Å². The van der Waals surface area contributed by atoms with Crippen molar-refractivity contribution in [3.8, 4) is 5.75 Å². The number of benzene rings is 2. The van der Waals surface area contributed by atoms with Crippen LogP contribution < -0.4 is 15.8 Å². The van der Waals surface area contributed by atoms with Crippen LogP contribution in [0.2, 0.25) is 5.02 Å². The fourth-order valence-corrected chi connectivity index (χ4v) is 2.32. The van der Waals surface area contributed by atoms with E-state index in [0.29, 0.717) is 29.9 Å². The summed E-state index contributed by atoms with van der Waals surface area (Å²) >= 11 is 5.94. The van der Waals surface area contributed by atoms with Crippen LogP contribution >= 0.6 is 35.6 Å². The Hall–Kier alpha value is -1.51. The summed E-state index contributed by atoms with van der Waals surface area (Å²) in [5.41, 5.74) is 7.85. The average molecular weight is 476 g/mol. The number of methoxy groups -OCH3 is 1. The first kappa shape index (κ1) is 21.5. The van der Waals surface area contributed by atoms with Gasteiger partial charge in [-0.25, -0.2) is 4.99 Å². The monoisotopic (exact) mass is 475 g/mol. The zero-order valence-corrected chi connectivity index (χ0v) is 17.3. The Morgan fingerprint density at radius 2 is 2.00 bits per heavy atom. The highest BCUT2D eigenvalue weighted by molar-refractivity contribution is 14.0. The minimum Gasteiger partial charge on any atom is -0.489 e. The molecule has 0 spiro atoms. The first-order valence-corrected chi connectivity index (χ1v) is 8.02. The maximum Gasteiger partial charge on any atom is 0.193 e. The fourth-order valence-electron chi connectivity index (χ4n) is 2.14.